The van der Waals surface area contributed by atoms with Crippen LogP contribution in [0.3, 0.4) is 0 Å². The number of carboxylic acids is 1. The number of rotatable bonds is 4. The molecular formula is C19H18F3NO3. The van der Waals surface area contributed by atoms with Crippen molar-refractivity contribution in [3.8, 4) is 5.75 Å². The van der Waals surface area contributed by atoms with Crippen LogP contribution in [0, 0.1) is 0 Å². The number of aliphatic carboxylic acids is 1. The Bertz CT molecular complexity index is 772. The average Bonchev–Trinajstić information content (AvgIpc) is 3.07. The smallest absolute Gasteiger partial charge is 0.416 e. The Morgan fingerprint density at radius 2 is 1.65 bits per heavy atom. The van der Waals surface area contributed by atoms with E-state index < -0.39 is 23.8 Å². The fraction of sp³-hybridized carbons (Fsp3) is 0.316. The standard InChI is InChI=1S/C19H18F3NO3/c1-26-14-8-4-11(5-9-14)15-10-16(23-17(15)18(24)25)12-2-6-13(7-3-12)19(20,21)22/h2-9,15-17,23H,10H2,1H3,(H,24,25). The van der Waals surface area contributed by atoms with Crippen molar-refractivity contribution in [2.24, 2.45) is 0 Å². The zero-order valence-corrected chi connectivity index (χ0v) is 14.0. The van der Waals surface area contributed by atoms with Crippen LogP contribution >= 0.6 is 0 Å². The highest BCUT2D eigenvalue weighted by atomic mass is 19.4. The van der Waals surface area contributed by atoms with E-state index in [4.69, 9.17) is 4.74 Å². The largest absolute Gasteiger partial charge is 0.497 e. The highest BCUT2D eigenvalue weighted by Crippen LogP contribution is 2.39. The van der Waals surface area contributed by atoms with E-state index in [9.17, 15) is 23.1 Å². The van der Waals surface area contributed by atoms with Crippen LogP contribution in [0.25, 0.3) is 0 Å². The predicted octanol–water partition coefficient (Wildman–Crippen LogP) is 3.99. The summed E-state index contributed by atoms with van der Waals surface area (Å²) in [6.07, 6.45) is -3.91. The number of ether oxygens (including phenoxy) is 1. The molecule has 1 fully saturated rings. The summed E-state index contributed by atoms with van der Waals surface area (Å²) in [5.74, 6) is -0.600. The average molecular weight is 365 g/mol. The summed E-state index contributed by atoms with van der Waals surface area (Å²) in [6.45, 7) is 0. The second-order valence-corrected chi connectivity index (χ2v) is 6.27. The van der Waals surface area contributed by atoms with E-state index in [1.54, 1.807) is 19.2 Å². The van der Waals surface area contributed by atoms with Crippen LogP contribution < -0.4 is 10.1 Å². The highest BCUT2D eigenvalue weighted by Gasteiger charge is 2.40. The third-order valence-corrected chi connectivity index (χ3v) is 4.72. The van der Waals surface area contributed by atoms with Gasteiger partial charge in [-0.15, -0.1) is 0 Å². The zero-order chi connectivity index (χ0) is 18.9. The predicted molar refractivity (Wildman–Crippen MR) is 89.1 cm³/mol. The summed E-state index contributed by atoms with van der Waals surface area (Å²) in [4.78, 5) is 11.6. The molecule has 3 atom stereocenters. The molecule has 1 aliphatic heterocycles. The number of hydrogen-bond donors (Lipinski definition) is 2. The van der Waals surface area contributed by atoms with E-state index in [0.29, 0.717) is 17.7 Å². The number of alkyl halides is 3. The van der Waals surface area contributed by atoms with Crippen molar-refractivity contribution >= 4 is 5.97 Å². The molecule has 7 heteroatoms. The van der Waals surface area contributed by atoms with Gasteiger partial charge in [-0.25, -0.2) is 0 Å². The van der Waals surface area contributed by atoms with E-state index in [1.165, 1.54) is 12.1 Å². The summed E-state index contributed by atoms with van der Waals surface area (Å²) in [7, 11) is 1.55. The number of methoxy groups -OCH3 is 1. The van der Waals surface area contributed by atoms with E-state index in [-0.39, 0.29) is 12.0 Å². The zero-order valence-electron chi connectivity index (χ0n) is 14.0. The Hall–Kier alpha value is -2.54. The molecule has 138 valence electrons. The van der Waals surface area contributed by atoms with Gasteiger partial charge < -0.3 is 9.84 Å². The van der Waals surface area contributed by atoms with Gasteiger partial charge in [0.05, 0.1) is 12.7 Å². The van der Waals surface area contributed by atoms with Crippen LogP contribution in [0.4, 0.5) is 13.2 Å². The van der Waals surface area contributed by atoms with Crippen LogP contribution in [-0.4, -0.2) is 24.2 Å². The van der Waals surface area contributed by atoms with Gasteiger partial charge in [-0.3, -0.25) is 10.1 Å². The Morgan fingerprint density at radius 3 is 2.15 bits per heavy atom. The van der Waals surface area contributed by atoms with Gasteiger partial charge in [0.25, 0.3) is 0 Å². The van der Waals surface area contributed by atoms with E-state index in [0.717, 1.165) is 17.7 Å². The summed E-state index contributed by atoms with van der Waals surface area (Å²) in [5, 5.41) is 12.6. The molecule has 1 heterocycles. The molecule has 1 aliphatic rings. The molecule has 0 radical (unpaired) electrons. The number of benzene rings is 2. The van der Waals surface area contributed by atoms with E-state index in [1.807, 2.05) is 12.1 Å². The van der Waals surface area contributed by atoms with Gasteiger partial charge in [0.2, 0.25) is 0 Å². The Kier molecular flexibility index (Phi) is 4.91. The quantitative estimate of drug-likeness (QED) is 0.860. The van der Waals surface area contributed by atoms with Gasteiger partial charge in [-0.2, -0.15) is 13.2 Å². The normalized spacial score (nSPS) is 23.0. The molecular weight excluding hydrogens is 347 g/mol. The first kappa shape index (κ1) is 18.3. The monoisotopic (exact) mass is 365 g/mol. The minimum absolute atomic E-state index is 0.286. The van der Waals surface area contributed by atoms with Crippen LogP contribution in [-0.2, 0) is 11.0 Å². The number of hydrogen-bond acceptors (Lipinski definition) is 3. The van der Waals surface area contributed by atoms with Crippen molar-refractivity contribution in [1.29, 1.82) is 0 Å². The third kappa shape index (κ3) is 3.67. The first-order valence-electron chi connectivity index (χ1n) is 8.09. The molecule has 2 N–H and O–H groups in total. The lowest BCUT2D eigenvalue weighted by atomic mass is 9.89. The van der Waals surface area contributed by atoms with Crippen LogP contribution in [0.15, 0.2) is 48.5 Å². The number of nitrogens with one attached hydrogen (secondary N) is 1. The van der Waals surface area contributed by atoms with Gasteiger partial charge in [0.15, 0.2) is 0 Å². The molecule has 3 rings (SSSR count). The fourth-order valence-electron chi connectivity index (χ4n) is 3.35. The van der Waals surface area contributed by atoms with Crippen LogP contribution in [0.1, 0.15) is 35.1 Å². The fourth-order valence-corrected chi connectivity index (χ4v) is 3.35. The molecule has 0 aliphatic carbocycles. The lowest BCUT2D eigenvalue weighted by Crippen LogP contribution is -2.35. The molecule has 0 aromatic heterocycles. The maximum atomic E-state index is 12.7. The molecule has 2 aromatic carbocycles. The summed E-state index contributed by atoms with van der Waals surface area (Å²) in [5.41, 5.74) is 0.765. The van der Waals surface area contributed by atoms with Gasteiger partial charge in [0, 0.05) is 12.0 Å². The maximum Gasteiger partial charge on any atom is 0.416 e. The molecule has 3 unspecified atom stereocenters. The van der Waals surface area contributed by atoms with Gasteiger partial charge in [-0.05, 0) is 41.8 Å². The molecule has 0 bridgehead atoms. The van der Waals surface area contributed by atoms with E-state index >= 15 is 0 Å². The van der Waals surface area contributed by atoms with Gasteiger partial charge >= 0.3 is 12.1 Å². The topological polar surface area (TPSA) is 58.6 Å². The molecule has 26 heavy (non-hydrogen) atoms. The van der Waals surface area contributed by atoms with Crippen molar-refractivity contribution in [2.45, 2.75) is 30.6 Å². The van der Waals surface area contributed by atoms with Crippen molar-refractivity contribution in [3.05, 3.63) is 65.2 Å². The maximum absolute atomic E-state index is 12.7. The summed E-state index contributed by atoms with van der Waals surface area (Å²) in [6, 6.07) is 10.9. The summed E-state index contributed by atoms with van der Waals surface area (Å²) < 4.78 is 43.2. The lowest BCUT2D eigenvalue weighted by molar-refractivity contribution is -0.139. The number of halogens is 3. The Labute approximate surface area is 148 Å². The minimum atomic E-state index is -4.39. The first-order chi connectivity index (χ1) is 12.3. The van der Waals surface area contributed by atoms with Crippen LogP contribution in [0.5, 0.6) is 5.75 Å². The third-order valence-electron chi connectivity index (χ3n) is 4.72. The number of carbonyl (C=O) groups is 1. The Balaban J connectivity index is 1.83. The molecule has 2 aromatic rings. The van der Waals surface area contributed by atoms with Crippen molar-refractivity contribution in [2.75, 3.05) is 7.11 Å². The summed E-state index contributed by atoms with van der Waals surface area (Å²) >= 11 is 0. The SMILES string of the molecule is COc1ccc(C2CC(c3ccc(C(F)(F)F)cc3)NC2C(=O)O)cc1. The van der Waals surface area contributed by atoms with Crippen molar-refractivity contribution in [1.82, 2.24) is 5.32 Å². The van der Waals surface area contributed by atoms with Crippen LogP contribution in [0.2, 0.25) is 0 Å². The van der Waals surface area contributed by atoms with Gasteiger partial charge in [-0.1, -0.05) is 24.3 Å². The molecule has 1 saturated heterocycles. The Morgan fingerprint density at radius 1 is 1.08 bits per heavy atom. The highest BCUT2D eigenvalue weighted by molar-refractivity contribution is 5.75. The molecule has 0 saturated carbocycles. The van der Waals surface area contributed by atoms with E-state index in [2.05, 4.69) is 5.32 Å². The molecule has 0 amide bonds. The second-order valence-electron chi connectivity index (χ2n) is 6.27. The van der Waals surface area contributed by atoms with Gasteiger partial charge in [0.1, 0.15) is 11.8 Å². The molecule has 0 spiro atoms. The van der Waals surface area contributed by atoms with Crippen molar-refractivity contribution < 1.29 is 27.8 Å². The number of carboxylic acid groups (broad SMARTS) is 1. The lowest BCUT2D eigenvalue weighted by Gasteiger charge is -2.15. The molecule has 4 nitrogen and oxygen atoms in total. The second kappa shape index (κ2) is 6.99. The van der Waals surface area contributed by atoms with Crippen molar-refractivity contribution in [3.63, 3.8) is 0 Å². The first-order valence-corrected chi connectivity index (χ1v) is 8.09. The minimum Gasteiger partial charge on any atom is -0.497 e.